The van der Waals surface area contributed by atoms with E-state index in [0.717, 1.165) is 0 Å². The van der Waals surface area contributed by atoms with E-state index in [2.05, 4.69) is 59.4 Å². The van der Waals surface area contributed by atoms with Crippen LogP contribution in [-0.2, 0) is 20.8 Å². The van der Waals surface area contributed by atoms with Crippen molar-refractivity contribution < 1.29 is 24.2 Å². The summed E-state index contributed by atoms with van der Waals surface area (Å²) >= 11 is 1.91. The molecule has 2 aromatic rings. The van der Waals surface area contributed by atoms with Crippen LogP contribution in [0.25, 0.3) is 0 Å². The second-order valence-electron chi connectivity index (χ2n) is 8.74. The van der Waals surface area contributed by atoms with Crippen molar-refractivity contribution in [1.82, 2.24) is 9.62 Å². The summed E-state index contributed by atoms with van der Waals surface area (Å²) in [6.07, 6.45) is 3.13. The molecule has 1 saturated heterocycles. The molecule has 0 aliphatic carbocycles. The number of rotatable bonds is 9. The fraction of sp³-hybridized carbons (Fsp3) is 0.444. The van der Waals surface area contributed by atoms with Crippen LogP contribution in [0.1, 0.15) is 51.7 Å². The highest BCUT2D eigenvalue weighted by Crippen LogP contribution is 2.34. The van der Waals surface area contributed by atoms with Gasteiger partial charge in [0, 0.05) is 24.4 Å². The third-order valence-electron chi connectivity index (χ3n) is 5.45. The maximum Gasteiger partial charge on any atom is 0.326 e. The highest BCUT2D eigenvalue weighted by atomic mass is 32.2. The summed E-state index contributed by atoms with van der Waals surface area (Å²) in [4.78, 5) is 32.4. The van der Waals surface area contributed by atoms with Crippen LogP contribution in [0.2, 0.25) is 0 Å². The van der Waals surface area contributed by atoms with Crippen molar-refractivity contribution in [3.8, 4) is 5.75 Å². The summed E-state index contributed by atoms with van der Waals surface area (Å²) < 4.78 is 7.09. The number of hydrogen-bond donors (Lipinski definition) is 2. The molecule has 8 heteroatoms. The molecule has 1 atom stereocenters. The molecule has 7 nitrogen and oxygen atoms in total. The molecule has 1 unspecified atom stereocenters. The van der Waals surface area contributed by atoms with Crippen molar-refractivity contribution >= 4 is 30.8 Å². The van der Waals surface area contributed by atoms with E-state index in [4.69, 9.17) is 5.11 Å². The average Bonchev–Trinajstić information content (AvgIpc) is 2.84. The highest BCUT2D eigenvalue weighted by molar-refractivity contribution is 7.97. The van der Waals surface area contributed by atoms with Gasteiger partial charge in [-0.3, -0.25) is 9.59 Å². The second kappa shape index (κ2) is 15.9. The quantitative estimate of drug-likeness (QED) is 0.363. The Bertz CT molecular complexity index is 891. The number of amides is 1. The Labute approximate surface area is 213 Å². The van der Waals surface area contributed by atoms with E-state index in [1.165, 1.54) is 36.4 Å². The monoisotopic (exact) mass is 502 g/mol. The molecule has 192 valence electrons. The topological polar surface area (TPSA) is 95.9 Å². The number of nitrogens with zero attached hydrogens (tertiary/aromatic N) is 1. The number of ether oxygens (including phenoxy) is 1. The van der Waals surface area contributed by atoms with Crippen LogP contribution in [0.15, 0.2) is 53.4 Å². The van der Waals surface area contributed by atoms with E-state index in [1.54, 1.807) is 24.3 Å². The Morgan fingerprint density at radius 1 is 1.09 bits per heavy atom. The van der Waals surface area contributed by atoms with Gasteiger partial charge in [0.25, 0.3) is 6.47 Å². The number of nitrogens with one attached hydrogen (secondary N) is 1. The molecule has 0 bridgehead atoms. The molecule has 0 aromatic heterocycles. The zero-order valence-electron chi connectivity index (χ0n) is 21.3. The Morgan fingerprint density at radius 2 is 1.66 bits per heavy atom. The first-order valence-electron chi connectivity index (χ1n) is 11.8. The first kappa shape index (κ1) is 30.2. The molecule has 35 heavy (non-hydrogen) atoms. The minimum atomic E-state index is -1.11. The van der Waals surface area contributed by atoms with Gasteiger partial charge in [-0.2, -0.15) is 0 Å². The molecule has 1 fully saturated rings. The van der Waals surface area contributed by atoms with Gasteiger partial charge in [0.15, 0.2) is 0 Å². The molecule has 1 amide bonds. The van der Waals surface area contributed by atoms with Crippen LogP contribution in [0.4, 0.5) is 0 Å². The third kappa shape index (κ3) is 11.9. The van der Waals surface area contributed by atoms with E-state index < -0.39 is 12.0 Å². The molecule has 2 N–H and O–H groups in total. The zero-order chi connectivity index (χ0) is 26.3. The Kier molecular flexibility index (Phi) is 13.8. The summed E-state index contributed by atoms with van der Waals surface area (Å²) in [7, 11) is 0. The van der Waals surface area contributed by atoms with Crippen LogP contribution in [0.5, 0.6) is 5.75 Å². The van der Waals surface area contributed by atoms with Gasteiger partial charge >= 0.3 is 5.97 Å². The molecule has 2 aromatic carbocycles. The number of hydrogen-bond acceptors (Lipinski definition) is 6. The lowest BCUT2D eigenvalue weighted by Crippen LogP contribution is -2.37. The van der Waals surface area contributed by atoms with Gasteiger partial charge in [-0.05, 0) is 67.0 Å². The predicted octanol–water partition coefficient (Wildman–Crippen LogP) is 5.11. The second-order valence-corrected chi connectivity index (χ2v) is 9.91. The first-order valence-corrected chi connectivity index (χ1v) is 12.6. The van der Waals surface area contributed by atoms with Crippen molar-refractivity contribution in [1.29, 1.82) is 0 Å². The smallest absolute Gasteiger partial charge is 0.326 e. The van der Waals surface area contributed by atoms with E-state index in [9.17, 15) is 14.4 Å². The van der Waals surface area contributed by atoms with Gasteiger partial charge < -0.3 is 15.2 Å². The SMILES string of the molecule is CC.Cc1ccc(SN2CCC(C)(C)CC2)cc1.O=CNC(Cc1ccc(OC=O)cc1)C(=O)O. The number of piperidine rings is 1. The molecule has 1 aliphatic heterocycles. The van der Waals surface area contributed by atoms with Crippen molar-refractivity contribution in [3.05, 3.63) is 59.7 Å². The van der Waals surface area contributed by atoms with Gasteiger partial charge in [-0.1, -0.05) is 57.5 Å². The van der Waals surface area contributed by atoms with Crippen LogP contribution >= 0.6 is 11.9 Å². The number of carboxylic acids is 1. The summed E-state index contributed by atoms with van der Waals surface area (Å²) in [5.41, 5.74) is 2.60. The maximum atomic E-state index is 10.8. The average molecular weight is 503 g/mol. The molecule has 1 heterocycles. The van der Waals surface area contributed by atoms with Crippen LogP contribution in [0.3, 0.4) is 0 Å². The normalized spacial score (nSPS) is 15.2. The maximum absolute atomic E-state index is 10.8. The molecular formula is C27H38N2O5S. The number of carboxylic acid groups (broad SMARTS) is 1. The molecule has 0 radical (unpaired) electrons. The largest absolute Gasteiger partial charge is 0.480 e. The summed E-state index contributed by atoms with van der Waals surface area (Å²) in [6, 6.07) is 14.2. The van der Waals surface area contributed by atoms with Gasteiger partial charge in [0.05, 0.1) is 0 Å². The lowest BCUT2D eigenvalue weighted by molar-refractivity contribution is -0.140. The van der Waals surface area contributed by atoms with Gasteiger partial charge in [0.1, 0.15) is 11.8 Å². The van der Waals surface area contributed by atoms with E-state index >= 15 is 0 Å². The molecule has 0 spiro atoms. The van der Waals surface area contributed by atoms with Crippen molar-refractivity contribution in [2.75, 3.05) is 13.1 Å². The number of carbonyl (C=O) groups excluding carboxylic acids is 2. The summed E-state index contributed by atoms with van der Waals surface area (Å²) in [6.45, 7) is 13.6. The van der Waals surface area contributed by atoms with Gasteiger partial charge in [0.2, 0.25) is 6.41 Å². The van der Waals surface area contributed by atoms with Gasteiger partial charge in [-0.15, -0.1) is 0 Å². The molecule has 3 rings (SSSR count). The number of carbonyl (C=O) groups is 3. The third-order valence-corrected chi connectivity index (χ3v) is 6.55. The minimum Gasteiger partial charge on any atom is -0.480 e. The number of aryl methyl sites for hydroxylation is 1. The standard InChI is InChI=1S/C14H21NS.C11H11NO5.C2H6/c1-12-4-6-13(7-5-12)16-15-10-8-14(2,3)9-11-15;13-6-12-10(11(15)16)5-8-1-3-9(4-2-8)17-7-14;1-2/h4-7H,8-11H2,1-3H3;1-4,6-7,10H,5H2,(H,12,13)(H,15,16);1-2H3. The first-order chi connectivity index (χ1) is 16.7. The summed E-state index contributed by atoms with van der Waals surface area (Å²) in [5, 5.41) is 11.0. The van der Waals surface area contributed by atoms with E-state index in [1.807, 2.05) is 25.8 Å². The fourth-order valence-corrected chi connectivity index (χ4v) is 4.15. The van der Waals surface area contributed by atoms with Gasteiger partial charge in [-0.25, -0.2) is 9.10 Å². The van der Waals surface area contributed by atoms with Crippen LogP contribution in [0, 0.1) is 12.3 Å². The molecule has 0 saturated carbocycles. The Morgan fingerprint density at radius 3 is 2.14 bits per heavy atom. The van der Waals surface area contributed by atoms with Crippen molar-refractivity contribution in [3.63, 3.8) is 0 Å². The fourth-order valence-electron chi connectivity index (χ4n) is 3.23. The minimum absolute atomic E-state index is 0.162. The number of aliphatic carboxylic acids is 1. The zero-order valence-corrected chi connectivity index (χ0v) is 22.1. The molecule has 1 aliphatic rings. The highest BCUT2D eigenvalue weighted by Gasteiger charge is 2.25. The molecular weight excluding hydrogens is 464 g/mol. The predicted molar refractivity (Wildman–Crippen MR) is 140 cm³/mol. The lowest BCUT2D eigenvalue weighted by atomic mass is 9.83. The number of benzene rings is 2. The van der Waals surface area contributed by atoms with Crippen molar-refractivity contribution in [2.45, 2.75) is 64.8 Å². The van der Waals surface area contributed by atoms with Crippen molar-refractivity contribution in [2.24, 2.45) is 5.41 Å². The van der Waals surface area contributed by atoms with E-state index in [0.29, 0.717) is 29.6 Å². The van der Waals surface area contributed by atoms with E-state index in [-0.39, 0.29) is 6.42 Å². The Hall–Kier alpha value is -2.84. The van der Waals surface area contributed by atoms with Crippen LogP contribution in [-0.4, -0.2) is 47.4 Å². The Balaban J connectivity index is 0.000000327. The summed E-state index contributed by atoms with van der Waals surface area (Å²) in [5.74, 6) is -0.732. The lowest BCUT2D eigenvalue weighted by Gasteiger charge is -2.36. The van der Waals surface area contributed by atoms with Crippen LogP contribution < -0.4 is 10.1 Å².